The van der Waals surface area contributed by atoms with Crippen molar-refractivity contribution in [2.24, 2.45) is 5.73 Å². The van der Waals surface area contributed by atoms with E-state index < -0.39 is 0 Å². The second-order valence-corrected chi connectivity index (χ2v) is 4.30. The molecule has 1 atom stereocenters. The highest BCUT2D eigenvalue weighted by Gasteiger charge is 2.26. The van der Waals surface area contributed by atoms with Gasteiger partial charge in [-0.1, -0.05) is 6.07 Å². The first-order chi connectivity index (χ1) is 8.70. The molecular weight excluding hydrogens is 232 g/mol. The van der Waals surface area contributed by atoms with Crippen LogP contribution in [0.4, 0.5) is 0 Å². The summed E-state index contributed by atoms with van der Waals surface area (Å²) in [6.45, 7) is 2.96. The van der Waals surface area contributed by atoms with Gasteiger partial charge in [-0.15, -0.1) is 0 Å². The number of nitrogens with one attached hydrogen (secondary N) is 1. The highest BCUT2D eigenvalue weighted by Crippen LogP contribution is 2.12. The van der Waals surface area contributed by atoms with Crippen molar-refractivity contribution in [2.45, 2.75) is 12.6 Å². The summed E-state index contributed by atoms with van der Waals surface area (Å²) in [6, 6.07) is 3.52. The van der Waals surface area contributed by atoms with Crippen molar-refractivity contribution >= 4 is 5.91 Å². The molecule has 1 aliphatic rings. The fourth-order valence-electron chi connectivity index (χ4n) is 2.08. The minimum absolute atomic E-state index is 0.249. The molecule has 0 radical (unpaired) electrons. The minimum atomic E-state index is -0.288. The SMILES string of the molecule is COc1ccc(CN2CCNCC2C(N)=O)cn1. The third-order valence-corrected chi connectivity index (χ3v) is 3.08. The summed E-state index contributed by atoms with van der Waals surface area (Å²) >= 11 is 0. The van der Waals surface area contributed by atoms with Crippen molar-refractivity contribution in [3.05, 3.63) is 23.9 Å². The topological polar surface area (TPSA) is 80.5 Å². The van der Waals surface area contributed by atoms with E-state index in [0.717, 1.165) is 18.7 Å². The molecule has 6 heteroatoms. The van der Waals surface area contributed by atoms with Crippen LogP contribution < -0.4 is 15.8 Å². The zero-order chi connectivity index (χ0) is 13.0. The molecule has 1 unspecified atom stereocenters. The van der Waals surface area contributed by atoms with Gasteiger partial charge in [0.15, 0.2) is 0 Å². The fourth-order valence-corrected chi connectivity index (χ4v) is 2.08. The summed E-state index contributed by atoms with van der Waals surface area (Å²) < 4.78 is 5.01. The van der Waals surface area contributed by atoms with Crippen molar-refractivity contribution in [1.29, 1.82) is 0 Å². The molecule has 98 valence electrons. The Morgan fingerprint density at radius 1 is 1.67 bits per heavy atom. The Balaban J connectivity index is 2.03. The monoisotopic (exact) mass is 250 g/mol. The van der Waals surface area contributed by atoms with Crippen LogP contribution in [-0.2, 0) is 11.3 Å². The van der Waals surface area contributed by atoms with Gasteiger partial charge in [0.25, 0.3) is 0 Å². The molecule has 18 heavy (non-hydrogen) atoms. The molecule has 0 bridgehead atoms. The minimum Gasteiger partial charge on any atom is -0.481 e. The molecule has 2 heterocycles. The molecule has 1 aromatic rings. The Morgan fingerprint density at radius 3 is 3.11 bits per heavy atom. The number of carbonyl (C=O) groups is 1. The van der Waals surface area contributed by atoms with Gasteiger partial charge in [0.05, 0.1) is 7.11 Å². The van der Waals surface area contributed by atoms with Crippen LogP contribution in [-0.4, -0.2) is 48.6 Å². The van der Waals surface area contributed by atoms with Crippen LogP contribution in [0.3, 0.4) is 0 Å². The molecule has 2 rings (SSSR count). The quantitative estimate of drug-likeness (QED) is 0.742. The van der Waals surface area contributed by atoms with Crippen molar-refractivity contribution in [3.63, 3.8) is 0 Å². The van der Waals surface area contributed by atoms with E-state index in [1.54, 1.807) is 13.3 Å². The lowest BCUT2D eigenvalue weighted by atomic mass is 10.1. The first-order valence-corrected chi connectivity index (χ1v) is 5.93. The van der Waals surface area contributed by atoms with Crippen molar-refractivity contribution in [2.75, 3.05) is 26.7 Å². The largest absolute Gasteiger partial charge is 0.481 e. The van der Waals surface area contributed by atoms with Crippen LogP contribution >= 0.6 is 0 Å². The number of ether oxygens (including phenoxy) is 1. The maximum Gasteiger partial charge on any atom is 0.236 e. The lowest BCUT2D eigenvalue weighted by Crippen LogP contribution is -2.56. The summed E-state index contributed by atoms with van der Waals surface area (Å²) in [7, 11) is 1.58. The molecular formula is C12H18N4O2. The predicted octanol–water partition coefficient (Wildman–Crippen LogP) is -0.651. The van der Waals surface area contributed by atoms with Gasteiger partial charge in [0.2, 0.25) is 11.8 Å². The molecule has 1 aliphatic heterocycles. The number of primary amides is 1. The van der Waals surface area contributed by atoms with Crippen LogP contribution in [0.25, 0.3) is 0 Å². The van der Waals surface area contributed by atoms with E-state index in [4.69, 9.17) is 10.5 Å². The highest BCUT2D eigenvalue weighted by molar-refractivity contribution is 5.80. The van der Waals surface area contributed by atoms with Gasteiger partial charge in [0.1, 0.15) is 6.04 Å². The van der Waals surface area contributed by atoms with E-state index in [-0.39, 0.29) is 11.9 Å². The Labute approximate surface area is 106 Å². The van der Waals surface area contributed by atoms with Gasteiger partial charge in [-0.25, -0.2) is 4.98 Å². The molecule has 0 saturated carbocycles. The maximum absolute atomic E-state index is 11.4. The van der Waals surface area contributed by atoms with E-state index in [9.17, 15) is 4.79 Å². The highest BCUT2D eigenvalue weighted by atomic mass is 16.5. The first kappa shape index (κ1) is 12.8. The van der Waals surface area contributed by atoms with E-state index in [2.05, 4.69) is 15.2 Å². The Bertz CT molecular complexity index is 407. The molecule has 0 aromatic carbocycles. The molecule has 6 nitrogen and oxygen atoms in total. The van der Waals surface area contributed by atoms with Gasteiger partial charge in [-0.3, -0.25) is 9.69 Å². The maximum atomic E-state index is 11.4. The average molecular weight is 250 g/mol. The third kappa shape index (κ3) is 2.96. The Morgan fingerprint density at radius 2 is 2.50 bits per heavy atom. The van der Waals surface area contributed by atoms with Gasteiger partial charge >= 0.3 is 0 Å². The number of pyridine rings is 1. The number of rotatable bonds is 4. The average Bonchev–Trinajstić information content (AvgIpc) is 2.40. The number of nitrogens with two attached hydrogens (primary N) is 1. The Hall–Kier alpha value is -1.66. The first-order valence-electron chi connectivity index (χ1n) is 5.93. The number of nitrogens with zero attached hydrogens (tertiary/aromatic N) is 2. The molecule has 0 aliphatic carbocycles. The Kier molecular flexibility index (Phi) is 4.11. The van der Waals surface area contributed by atoms with Crippen molar-refractivity contribution in [1.82, 2.24) is 15.2 Å². The zero-order valence-electron chi connectivity index (χ0n) is 10.4. The van der Waals surface area contributed by atoms with Gasteiger partial charge in [-0.05, 0) is 5.56 Å². The summed E-state index contributed by atoms with van der Waals surface area (Å²) in [4.78, 5) is 17.6. The number of piperazine rings is 1. The van der Waals surface area contributed by atoms with Gasteiger partial charge < -0.3 is 15.8 Å². The summed E-state index contributed by atoms with van der Waals surface area (Å²) in [5, 5.41) is 3.17. The van der Waals surface area contributed by atoms with Crippen molar-refractivity contribution in [3.8, 4) is 5.88 Å². The van der Waals surface area contributed by atoms with Crippen LogP contribution in [0.2, 0.25) is 0 Å². The number of amides is 1. The lowest BCUT2D eigenvalue weighted by molar-refractivity contribution is -0.124. The van der Waals surface area contributed by atoms with Crippen LogP contribution in [0.1, 0.15) is 5.56 Å². The van der Waals surface area contributed by atoms with Crippen molar-refractivity contribution < 1.29 is 9.53 Å². The summed E-state index contributed by atoms with van der Waals surface area (Å²) in [5.41, 5.74) is 6.45. The third-order valence-electron chi connectivity index (χ3n) is 3.08. The zero-order valence-corrected chi connectivity index (χ0v) is 10.4. The number of hydrogen-bond donors (Lipinski definition) is 2. The van der Waals surface area contributed by atoms with Gasteiger partial charge in [-0.2, -0.15) is 0 Å². The van der Waals surface area contributed by atoms with E-state index in [1.165, 1.54) is 0 Å². The number of aromatic nitrogens is 1. The van der Waals surface area contributed by atoms with Crippen LogP contribution in [0, 0.1) is 0 Å². The molecule has 1 fully saturated rings. The predicted molar refractivity (Wildman–Crippen MR) is 67.1 cm³/mol. The lowest BCUT2D eigenvalue weighted by Gasteiger charge is -2.34. The number of carbonyl (C=O) groups excluding carboxylic acids is 1. The van der Waals surface area contributed by atoms with Gasteiger partial charge in [0, 0.05) is 38.4 Å². The molecule has 3 N–H and O–H groups in total. The number of methoxy groups -OCH3 is 1. The standard InChI is InChI=1S/C12H18N4O2/c1-18-11-3-2-9(6-15-11)8-16-5-4-14-7-10(16)12(13)17/h2-3,6,10,14H,4-5,7-8H2,1H3,(H2,13,17). The van der Waals surface area contributed by atoms with Crippen LogP contribution in [0.15, 0.2) is 18.3 Å². The van der Waals surface area contributed by atoms with E-state index in [1.807, 2.05) is 12.1 Å². The second-order valence-electron chi connectivity index (χ2n) is 4.30. The molecule has 1 aromatic heterocycles. The smallest absolute Gasteiger partial charge is 0.236 e. The summed E-state index contributed by atoms with van der Waals surface area (Å²) in [6.07, 6.45) is 1.76. The van der Waals surface area contributed by atoms with Crippen LogP contribution in [0.5, 0.6) is 5.88 Å². The molecule has 0 spiro atoms. The number of hydrogen-bond acceptors (Lipinski definition) is 5. The normalized spacial score (nSPS) is 20.6. The fraction of sp³-hybridized carbons (Fsp3) is 0.500. The second kappa shape index (κ2) is 5.79. The van der Waals surface area contributed by atoms with E-state index in [0.29, 0.717) is 19.0 Å². The molecule has 1 saturated heterocycles. The summed E-state index contributed by atoms with van der Waals surface area (Å²) in [5.74, 6) is 0.300. The molecule has 1 amide bonds. The van der Waals surface area contributed by atoms with E-state index >= 15 is 0 Å².